The lowest BCUT2D eigenvalue weighted by Crippen LogP contribution is -2.61. The summed E-state index contributed by atoms with van der Waals surface area (Å²) < 4.78 is 0. The summed E-state index contributed by atoms with van der Waals surface area (Å²) in [5.41, 5.74) is 0. The first kappa shape index (κ1) is 27.4. The van der Waals surface area contributed by atoms with E-state index in [2.05, 4.69) is 6.82 Å². The molecule has 41 heavy (non-hydrogen) atoms. The largest absolute Gasteiger partial charge is 0.189 e. The highest BCUT2D eigenvalue weighted by molar-refractivity contribution is 6.83. The minimum atomic E-state index is -0.323. The van der Waals surface area contributed by atoms with Gasteiger partial charge in [0, 0.05) is 6.15 Å². The number of hydrogen-bond acceptors (Lipinski definition) is 0. The lowest BCUT2D eigenvalue weighted by atomic mass is 9.04. The number of rotatable bonds is 3. The molecule has 0 aliphatic heterocycles. The zero-order chi connectivity index (χ0) is 27.1. The predicted octanol–water partition coefficient (Wildman–Crippen LogP) is 12.1. The molecule has 0 saturated heterocycles. The van der Waals surface area contributed by atoms with Gasteiger partial charge in [-0.15, -0.1) is 0 Å². The van der Waals surface area contributed by atoms with Crippen molar-refractivity contribution in [3.63, 3.8) is 0 Å². The summed E-state index contributed by atoms with van der Waals surface area (Å²) in [4.78, 5) is 0. The lowest BCUT2D eigenvalue weighted by Gasteiger charge is -2.71. The third-order valence-electron chi connectivity index (χ3n) is 18.6. The van der Waals surface area contributed by atoms with E-state index in [1.54, 1.807) is 154 Å². The van der Waals surface area contributed by atoms with Crippen LogP contribution in [-0.2, 0) is 0 Å². The molecular weight excluding hydrogens is 491 g/mol. The van der Waals surface area contributed by atoms with Gasteiger partial charge in [-0.1, -0.05) is 172 Å². The molecule has 1 heteroatoms. The molecule has 9 aliphatic carbocycles. The van der Waals surface area contributed by atoms with Crippen molar-refractivity contribution >= 4 is 6.15 Å². The summed E-state index contributed by atoms with van der Waals surface area (Å²) in [6.45, 7) is 3.16. The Hall–Kier alpha value is 0.0649. The summed E-state index contributed by atoms with van der Waals surface area (Å²) in [7, 11) is 0. The van der Waals surface area contributed by atoms with Crippen LogP contribution in [-0.4, -0.2) is 6.15 Å². The quantitative estimate of drug-likeness (QED) is 0.303. The molecule has 0 heterocycles. The monoisotopic (exact) mass is 558 g/mol. The van der Waals surface area contributed by atoms with E-state index in [4.69, 9.17) is 0 Å². The first-order valence-corrected chi connectivity index (χ1v) is 20.4. The van der Waals surface area contributed by atoms with E-state index >= 15 is 0 Å². The van der Waals surface area contributed by atoms with Gasteiger partial charge in [0.05, 0.1) is 0 Å². The fraction of sp³-hybridized carbons (Fsp3) is 1.00. The average molecular weight is 558 g/mol. The van der Waals surface area contributed by atoms with Crippen molar-refractivity contribution < 1.29 is 0 Å². The van der Waals surface area contributed by atoms with Crippen molar-refractivity contribution in [2.45, 2.75) is 178 Å². The highest BCUT2D eigenvalue weighted by Gasteiger charge is 2.59. The van der Waals surface area contributed by atoms with Gasteiger partial charge in [-0.3, -0.25) is 0 Å². The van der Waals surface area contributed by atoms with Crippen molar-refractivity contribution in [1.29, 1.82) is 0 Å². The first-order valence-electron chi connectivity index (χ1n) is 20.4. The fourth-order valence-corrected chi connectivity index (χ4v) is 17.8. The SMILES string of the molecule is C[B-](C1CCC2CCCC3CCCC1C32)(C1CCC2CCCC3CCCC1C32)C1CCC2CCCC3CCCC1C32. The van der Waals surface area contributed by atoms with Crippen LogP contribution in [0.3, 0.4) is 0 Å². The normalized spacial score (nSPS) is 56.0. The molecule has 9 fully saturated rings. The maximum Gasteiger partial charge on any atom is 0.00798 e. The molecule has 0 aromatic carbocycles. The van der Waals surface area contributed by atoms with Crippen LogP contribution in [0.2, 0.25) is 24.3 Å². The fourth-order valence-electron chi connectivity index (χ4n) is 17.8. The molecule has 15 unspecified atom stereocenters. The van der Waals surface area contributed by atoms with E-state index in [0.29, 0.717) is 0 Å². The Balaban J connectivity index is 1.13. The van der Waals surface area contributed by atoms with Gasteiger partial charge in [0.1, 0.15) is 0 Å². The van der Waals surface area contributed by atoms with E-state index in [1.807, 2.05) is 0 Å². The van der Waals surface area contributed by atoms with Gasteiger partial charge in [0.25, 0.3) is 0 Å². The van der Waals surface area contributed by atoms with Crippen LogP contribution in [0.4, 0.5) is 0 Å². The van der Waals surface area contributed by atoms with E-state index in [-0.39, 0.29) is 6.15 Å². The molecule has 230 valence electrons. The van der Waals surface area contributed by atoms with Crippen LogP contribution in [0.15, 0.2) is 0 Å². The van der Waals surface area contributed by atoms with Crippen LogP contribution in [0, 0.1) is 71.0 Å². The van der Waals surface area contributed by atoms with Crippen LogP contribution in [0.25, 0.3) is 0 Å². The Morgan fingerprint density at radius 2 is 0.537 bits per heavy atom. The molecule has 0 amide bonds. The molecule has 0 N–H and O–H groups in total. The second-order valence-corrected chi connectivity index (χ2v) is 19.2. The number of hydrogen-bond donors (Lipinski definition) is 0. The molecule has 9 aliphatic rings. The topological polar surface area (TPSA) is 0 Å². The van der Waals surface area contributed by atoms with Gasteiger partial charge in [-0.2, -0.15) is 24.3 Å². The maximum absolute atomic E-state index is 3.16. The molecule has 15 atom stereocenters. The van der Waals surface area contributed by atoms with Crippen molar-refractivity contribution in [3.8, 4) is 0 Å². The van der Waals surface area contributed by atoms with Crippen molar-refractivity contribution in [3.05, 3.63) is 0 Å². The molecule has 0 radical (unpaired) electrons. The molecule has 0 bridgehead atoms. The zero-order valence-corrected chi connectivity index (χ0v) is 27.2. The summed E-state index contributed by atoms with van der Waals surface area (Å²) >= 11 is 0. The molecular formula is C40H66B-. The Morgan fingerprint density at radius 3 is 0.829 bits per heavy atom. The zero-order valence-electron chi connectivity index (χ0n) is 27.2. The van der Waals surface area contributed by atoms with E-state index < -0.39 is 0 Å². The minimum absolute atomic E-state index is 0.323. The third kappa shape index (κ3) is 4.24. The van der Waals surface area contributed by atoms with Crippen molar-refractivity contribution in [1.82, 2.24) is 0 Å². The molecule has 0 nitrogen and oxygen atoms in total. The molecule has 0 aromatic rings. The highest BCUT2D eigenvalue weighted by Crippen LogP contribution is 2.70. The van der Waals surface area contributed by atoms with E-state index in [0.717, 1.165) is 88.5 Å². The second kappa shape index (κ2) is 10.9. The van der Waals surface area contributed by atoms with E-state index in [1.165, 1.54) is 0 Å². The molecule has 0 aromatic heterocycles. The Bertz CT molecular complexity index is 796. The summed E-state index contributed by atoms with van der Waals surface area (Å²) in [6.07, 6.45) is 38.7. The second-order valence-electron chi connectivity index (χ2n) is 19.2. The smallest absolute Gasteiger partial charge is 0.00798 e. The predicted molar refractivity (Wildman–Crippen MR) is 176 cm³/mol. The van der Waals surface area contributed by atoms with Crippen LogP contribution >= 0.6 is 0 Å². The lowest BCUT2D eigenvalue weighted by molar-refractivity contribution is -0.00933. The summed E-state index contributed by atoms with van der Waals surface area (Å²) in [5.74, 6) is 17.2. The Morgan fingerprint density at radius 1 is 0.293 bits per heavy atom. The standard InChI is InChI=1S/C40H66B/c1-41(35-23-20-29-11-2-8-26-14-5-17-32(35)38(26)29,36-24-21-30-12-3-9-27-15-6-18-33(36)39(27)30)37-25-22-31-13-4-10-28-16-7-19-34(37)40(28)31/h26-40H,2-25H2,1H3/q-1. The Kier molecular flexibility index (Phi) is 7.25. The molecule has 9 saturated carbocycles. The summed E-state index contributed by atoms with van der Waals surface area (Å²) in [5, 5.41) is 0. The van der Waals surface area contributed by atoms with Gasteiger partial charge >= 0.3 is 0 Å². The van der Waals surface area contributed by atoms with Crippen molar-refractivity contribution in [2.75, 3.05) is 0 Å². The maximum atomic E-state index is 3.16. The van der Waals surface area contributed by atoms with Crippen molar-refractivity contribution in [2.24, 2.45) is 71.0 Å². The minimum Gasteiger partial charge on any atom is -0.189 e. The van der Waals surface area contributed by atoms with Crippen LogP contribution in [0.5, 0.6) is 0 Å². The average Bonchev–Trinajstić information content (AvgIpc) is 3.02. The molecule has 9 rings (SSSR count). The van der Waals surface area contributed by atoms with Gasteiger partial charge in [-0.25, -0.2) is 0 Å². The first-order chi connectivity index (χ1) is 20.2. The summed E-state index contributed by atoms with van der Waals surface area (Å²) in [6, 6.07) is 0. The third-order valence-corrected chi connectivity index (χ3v) is 18.6. The van der Waals surface area contributed by atoms with Gasteiger partial charge in [-0.05, 0) is 53.3 Å². The van der Waals surface area contributed by atoms with Gasteiger partial charge < -0.3 is 0 Å². The van der Waals surface area contributed by atoms with Crippen LogP contribution in [0.1, 0.15) is 154 Å². The van der Waals surface area contributed by atoms with Crippen LogP contribution < -0.4 is 0 Å². The molecule has 0 spiro atoms. The highest BCUT2D eigenvalue weighted by atomic mass is 14.6. The van der Waals surface area contributed by atoms with E-state index in [9.17, 15) is 0 Å². The van der Waals surface area contributed by atoms with Gasteiger partial charge in [0.15, 0.2) is 0 Å². The van der Waals surface area contributed by atoms with Gasteiger partial charge in [0.2, 0.25) is 0 Å². The Labute approximate surface area is 255 Å².